The van der Waals surface area contributed by atoms with Crippen molar-refractivity contribution in [2.45, 2.75) is 18.9 Å². The van der Waals surface area contributed by atoms with Crippen molar-refractivity contribution in [3.63, 3.8) is 0 Å². The van der Waals surface area contributed by atoms with E-state index in [4.69, 9.17) is 5.11 Å². The number of likely N-dealkylation sites (tertiary alicyclic amines) is 1. The van der Waals surface area contributed by atoms with Crippen LogP contribution in [0.4, 0.5) is 10.5 Å². The number of carbonyl (C=O) groups is 1. The normalized spacial score (nSPS) is 15.9. The first-order chi connectivity index (χ1) is 10.2. The average Bonchev–Trinajstić information content (AvgIpc) is 3.03. The third kappa shape index (κ3) is 3.10. The molecule has 0 bridgehead atoms. The molecule has 0 saturated carbocycles. The predicted molar refractivity (Wildman–Crippen MR) is 75.4 cm³/mol. The van der Waals surface area contributed by atoms with Crippen molar-refractivity contribution >= 4 is 11.8 Å². The van der Waals surface area contributed by atoms with Gasteiger partial charge in [0.05, 0.1) is 5.69 Å². The Labute approximate surface area is 121 Å². The van der Waals surface area contributed by atoms with Crippen molar-refractivity contribution in [1.29, 1.82) is 0 Å². The van der Waals surface area contributed by atoms with Gasteiger partial charge in [-0.05, 0) is 47.5 Å². The molecule has 1 aromatic carbocycles. The second kappa shape index (κ2) is 5.78. The van der Waals surface area contributed by atoms with E-state index in [-0.39, 0.29) is 0 Å². The van der Waals surface area contributed by atoms with Crippen LogP contribution in [0.2, 0.25) is 0 Å². The first-order valence-electron chi connectivity index (χ1n) is 6.80. The number of hydrogen-bond acceptors (Lipinski definition) is 5. The molecule has 0 atom stereocenters. The van der Waals surface area contributed by atoms with E-state index in [1.165, 1.54) is 4.90 Å². The highest BCUT2D eigenvalue weighted by Gasteiger charge is 2.21. The summed E-state index contributed by atoms with van der Waals surface area (Å²) >= 11 is 0. The van der Waals surface area contributed by atoms with Crippen molar-refractivity contribution in [2.75, 3.05) is 18.4 Å². The van der Waals surface area contributed by atoms with Crippen LogP contribution in [-0.4, -0.2) is 55.4 Å². The maximum absolute atomic E-state index is 10.9. The highest BCUT2D eigenvalue weighted by atomic mass is 16.4. The van der Waals surface area contributed by atoms with E-state index in [2.05, 4.69) is 20.8 Å². The molecule has 0 unspecified atom stereocenters. The molecule has 3 rings (SSSR count). The Morgan fingerprint density at radius 2 is 1.95 bits per heavy atom. The maximum atomic E-state index is 10.9. The molecule has 2 N–H and O–H groups in total. The molecule has 2 heterocycles. The Balaban J connectivity index is 1.58. The number of benzene rings is 1. The van der Waals surface area contributed by atoms with Crippen LogP contribution in [0, 0.1) is 0 Å². The molecule has 8 heteroatoms. The quantitative estimate of drug-likeness (QED) is 0.881. The van der Waals surface area contributed by atoms with Crippen molar-refractivity contribution in [1.82, 2.24) is 25.1 Å². The molecule has 8 nitrogen and oxygen atoms in total. The molecule has 1 saturated heterocycles. The van der Waals surface area contributed by atoms with E-state index in [0.717, 1.165) is 24.2 Å². The van der Waals surface area contributed by atoms with Gasteiger partial charge < -0.3 is 15.3 Å². The first-order valence-corrected chi connectivity index (χ1v) is 6.80. The summed E-state index contributed by atoms with van der Waals surface area (Å²) in [6.07, 6.45) is 2.35. The molecule has 110 valence electrons. The van der Waals surface area contributed by atoms with Crippen LogP contribution in [0.25, 0.3) is 5.69 Å². The van der Waals surface area contributed by atoms with Gasteiger partial charge in [-0.1, -0.05) is 0 Å². The number of nitrogens with one attached hydrogen (secondary N) is 1. The molecule has 0 aliphatic carbocycles. The van der Waals surface area contributed by atoms with Crippen LogP contribution in [0.15, 0.2) is 30.6 Å². The van der Waals surface area contributed by atoms with Gasteiger partial charge in [0, 0.05) is 24.8 Å². The average molecular weight is 288 g/mol. The second-order valence-electron chi connectivity index (χ2n) is 4.99. The fraction of sp³-hybridized carbons (Fsp3) is 0.385. The van der Waals surface area contributed by atoms with Gasteiger partial charge >= 0.3 is 6.09 Å². The molecule has 1 fully saturated rings. The number of anilines is 1. The Kier molecular flexibility index (Phi) is 3.67. The van der Waals surface area contributed by atoms with Crippen molar-refractivity contribution in [3.05, 3.63) is 30.6 Å². The lowest BCUT2D eigenvalue weighted by Crippen LogP contribution is -2.41. The number of rotatable bonds is 3. The standard InChI is InChI=1S/C13H16N6O2/c20-13(21)18-7-5-11(6-8-18)15-10-1-3-12(4-2-10)19-9-14-16-17-19/h1-4,9,11,15H,5-8H2,(H,20,21). The minimum Gasteiger partial charge on any atom is -0.465 e. The summed E-state index contributed by atoms with van der Waals surface area (Å²) in [6, 6.07) is 8.12. The van der Waals surface area contributed by atoms with Gasteiger partial charge in [0.15, 0.2) is 0 Å². The van der Waals surface area contributed by atoms with Crippen LogP contribution in [-0.2, 0) is 0 Å². The summed E-state index contributed by atoms with van der Waals surface area (Å²) in [5.41, 5.74) is 1.91. The molecule has 0 spiro atoms. The van der Waals surface area contributed by atoms with E-state index in [1.54, 1.807) is 11.0 Å². The number of amides is 1. The van der Waals surface area contributed by atoms with Gasteiger partial charge in [-0.15, -0.1) is 5.10 Å². The third-order valence-corrected chi connectivity index (χ3v) is 3.62. The van der Waals surface area contributed by atoms with Crippen molar-refractivity contribution < 1.29 is 9.90 Å². The summed E-state index contributed by atoms with van der Waals surface area (Å²) in [5, 5.41) is 23.4. The lowest BCUT2D eigenvalue weighted by molar-refractivity contribution is 0.134. The largest absolute Gasteiger partial charge is 0.465 e. The zero-order chi connectivity index (χ0) is 14.7. The number of hydrogen-bond donors (Lipinski definition) is 2. The van der Waals surface area contributed by atoms with Crippen molar-refractivity contribution in [3.8, 4) is 5.69 Å². The Bertz CT molecular complexity index is 590. The lowest BCUT2D eigenvalue weighted by Gasteiger charge is -2.31. The number of tetrazole rings is 1. The minimum atomic E-state index is -0.834. The van der Waals surface area contributed by atoms with Crippen LogP contribution < -0.4 is 5.32 Å². The number of carboxylic acid groups (broad SMARTS) is 1. The molecule has 0 radical (unpaired) electrons. The summed E-state index contributed by atoms with van der Waals surface area (Å²) in [5.74, 6) is 0. The predicted octanol–water partition coefficient (Wildman–Crippen LogP) is 1.22. The zero-order valence-corrected chi connectivity index (χ0v) is 11.4. The fourth-order valence-corrected chi connectivity index (χ4v) is 2.44. The monoisotopic (exact) mass is 288 g/mol. The minimum absolute atomic E-state index is 0.305. The summed E-state index contributed by atoms with van der Waals surface area (Å²) < 4.78 is 1.59. The number of aromatic nitrogens is 4. The van der Waals surface area contributed by atoms with E-state index in [1.807, 2.05) is 24.3 Å². The van der Waals surface area contributed by atoms with Gasteiger partial charge in [0.25, 0.3) is 0 Å². The number of piperidine rings is 1. The molecule has 1 aromatic heterocycles. The van der Waals surface area contributed by atoms with Crippen LogP contribution in [0.3, 0.4) is 0 Å². The van der Waals surface area contributed by atoms with Crippen LogP contribution in [0.5, 0.6) is 0 Å². The maximum Gasteiger partial charge on any atom is 0.407 e. The topological polar surface area (TPSA) is 96.2 Å². The van der Waals surface area contributed by atoms with E-state index in [9.17, 15) is 4.79 Å². The van der Waals surface area contributed by atoms with Crippen molar-refractivity contribution in [2.24, 2.45) is 0 Å². The molecule has 1 aliphatic heterocycles. The Hall–Kier alpha value is -2.64. The second-order valence-corrected chi connectivity index (χ2v) is 4.99. The van der Waals surface area contributed by atoms with Gasteiger partial charge in [-0.2, -0.15) is 0 Å². The zero-order valence-electron chi connectivity index (χ0n) is 11.4. The van der Waals surface area contributed by atoms with Gasteiger partial charge in [0.2, 0.25) is 0 Å². The summed E-state index contributed by atoms with van der Waals surface area (Å²) in [6.45, 7) is 1.16. The number of nitrogens with zero attached hydrogens (tertiary/aromatic N) is 5. The third-order valence-electron chi connectivity index (χ3n) is 3.62. The summed E-state index contributed by atoms with van der Waals surface area (Å²) in [7, 11) is 0. The lowest BCUT2D eigenvalue weighted by atomic mass is 10.1. The first kappa shape index (κ1) is 13.3. The highest BCUT2D eigenvalue weighted by Crippen LogP contribution is 2.18. The fourth-order valence-electron chi connectivity index (χ4n) is 2.44. The molecule has 1 amide bonds. The molecule has 2 aromatic rings. The molecular formula is C13H16N6O2. The highest BCUT2D eigenvalue weighted by molar-refractivity contribution is 5.65. The van der Waals surface area contributed by atoms with E-state index in [0.29, 0.717) is 19.1 Å². The van der Waals surface area contributed by atoms with Crippen LogP contribution >= 0.6 is 0 Å². The smallest absolute Gasteiger partial charge is 0.407 e. The van der Waals surface area contributed by atoms with Gasteiger partial charge in [-0.25, -0.2) is 9.48 Å². The van der Waals surface area contributed by atoms with Crippen LogP contribution in [0.1, 0.15) is 12.8 Å². The molecule has 1 aliphatic rings. The van der Waals surface area contributed by atoms with Gasteiger partial charge in [-0.3, -0.25) is 0 Å². The SMILES string of the molecule is O=C(O)N1CCC(Nc2ccc(-n3cnnn3)cc2)CC1. The molecular weight excluding hydrogens is 272 g/mol. The Morgan fingerprint density at radius 1 is 1.24 bits per heavy atom. The molecule has 21 heavy (non-hydrogen) atoms. The van der Waals surface area contributed by atoms with Gasteiger partial charge in [0.1, 0.15) is 6.33 Å². The van der Waals surface area contributed by atoms with E-state index < -0.39 is 6.09 Å². The van der Waals surface area contributed by atoms with E-state index >= 15 is 0 Å². The summed E-state index contributed by atoms with van der Waals surface area (Å²) in [4.78, 5) is 12.3. The Morgan fingerprint density at radius 3 is 2.52 bits per heavy atom.